The lowest BCUT2D eigenvalue weighted by Gasteiger charge is -2.50. The molecule has 0 aromatic carbocycles. The lowest BCUT2D eigenvalue weighted by Crippen LogP contribution is -2.55. The topological polar surface area (TPSA) is 12.0 Å². The van der Waals surface area contributed by atoms with Crippen LogP contribution in [0.1, 0.15) is 32.1 Å². The number of halogens is 1. The molecule has 2 aliphatic carbocycles. The Balaban J connectivity index is 0.000000480. The summed E-state index contributed by atoms with van der Waals surface area (Å²) in [7, 11) is 0. The third-order valence-electron chi connectivity index (χ3n) is 3.61. The van der Waals surface area contributed by atoms with E-state index in [0.717, 1.165) is 23.9 Å². The van der Waals surface area contributed by atoms with E-state index in [0.29, 0.717) is 0 Å². The Labute approximate surface area is 74.3 Å². The zero-order chi connectivity index (χ0) is 6.55. The Morgan fingerprint density at radius 3 is 1.55 bits per heavy atom. The van der Waals surface area contributed by atoms with Gasteiger partial charge in [-0.25, -0.2) is 0 Å². The maximum atomic E-state index is 3.71. The minimum absolute atomic E-state index is 0. The van der Waals surface area contributed by atoms with E-state index in [1.54, 1.807) is 6.42 Å². The minimum Gasteiger partial charge on any atom is -0.311 e. The maximum Gasteiger partial charge on any atom is 0.00749 e. The highest BCUT2D eigenvalue weighted by Crippen LogP contribution is 2.44. The van der Waals surface area contributed by atoms with Gasteiger partial charge in [0.05, 0.1) is 0 Å². The summed E-state index contributed by atoms with van der Waals surface area (Å²) < 4.78 is 0. The van der Waals surface area contributed by atoms with Crippen molar-refractivity contribution in [3.05, 3.63) is 0 Å². The minimum atomic E-state index is 0. The zero-order valence-electron chi connectivity index (χ0n) is 6.75. The largest absolute Gasteiger partial charge is 0.311 e. The van der Waals surface area contributed by atoms with Crippen LogP contribution >= 0.6 is 12.4 Å². The molecule has 64 valence electrons. The van der Waals surface area contributed by atoms with E-state index in [2.05, 4.69) is 5.32 Å². The first-order chi connectivity index (χ1) is 4.90. The van der Waals surface area contributed by atoms with Crippen LogP contribution < -0.4 is 5.32 Å². The van der Waals surface area contributed by atoms with Crippen LogP contribution in [-0.2, 0) is 0 Å². The van der Waals surface area contributed by atoms with E-state index >= 15 is 0 Å². The fourth-order valence-corrected chi connectivity index (χ4v) is 3.46. The predicted octanol–water partition coefficient (Wildman–Crippen LogP) is 1.96. The maximum absolute atomic E-state index is 3.71. The monoisotopic (exact) mass is 173 g/mol. The summed E-state index contributed by atoms with van der Waals surface area (Å²) in [5.74, 6) is 2.23. The molecule has 4 aliphatic rings. The van der Waals surface area contributed by atoms with Gasteiger partial charge in [-0.05, 0) is 43.9 Å². The lowest BCUT2D eigenvalue weighted by molar-refractivity contribution is 0.0604. The summed E-state index contributed by atoms with van der Waals surface area (Å²) in [5, 5.41) is 3.71. The standard InChI is InChI=1S/C9H15N.ClH/c1-6-2-8-4-7(1)5-9(3-6)10-8;/h6-10H,1-5H2;1H. The van der Waals surface area contributed by atoms with Gasteiger partial charge in [0, 0.05) is 12.1 Å². The van der Waals surface area contributed by atoms with Crippen molar-refractivity contribution >= 4 is 12.4 Å². The van der Waals surface area contributed by atoms with Crippen LogP contribution in [0.2, 0.25) is 0 Å². The van der Waals surface area contributed by atoms with Crippen LogP contribution in [0, 0.1) is 11.8 Å². The van der Waals surface area contributed by atoms with Gasteiger partial charge < -0.3 is 5.32 Å². The molecular formula is C9H16ClN. The first-order valence-electron chi connectivity index (χ1n) is 4.66. The third-order valence-corrected chi connectivity index (χ3v) is 3.61. The van der Waals surface area contributed by atoms with Crippen molar-refractivity contribution in [2.24, 2.45) is 11.8 Å². The van der Waals surface area contributed by atoms with E-state index < -0.39 is 0 Å². The molecule has 0 unspecified atom stereocenters. The van der Waals surface area contributed by atoms with Crippen molar-refractivity contribution < 1.29 is 0 Å². The number of rotatable bonds is 0. The highest BCUT2D eigenvalue weighted by atomic mass is 35.5. The van der Waals surface area contributed by atoms with Gasteiger partial charge in [0.1, 0.15) is 0 Å². The molecule has 1 N–H and O–H groups in total. The van der Waals surface area contributed by atoms with Gasteiger partial charge in [-0.1, -0.05) is 0 Å². The number of hydrogen-bond donors (Lipinski definition) is 1. The Hall–Kier alpha value is 0.250. The molecule has 2 heterocycles. The molecule has 4 bridgehead atoms. The van der Waals surface area contributed by atoms with E-state index in [4.69, 9.17) is 0 Å². The highest BCUT2D eigenvalue weighted by Gasteiger charge is 2.41. The Kier molecular flexibility index (Phi) is 1.89. The summed E-state index contributed by atoms with van der Waals surface area (Å²) in [5.41, 5.74) is 0. The van der Waals surface area contributed by atoms with Crippen molar-refractivity contribution in [1.82, 2.24) is 5.32 Å². The predicted molar refractivity (Wildman–Crippen MR) is 48.0 cm³/mol. The first kappa shape index (κ1) is 7.88. The quantitative estimate of drug-likeness (QED) is 0.591. The first-order valence-corrected chi connectivity index (χ1v) is 4.66. The summed E-state index contributed by atoms with van der Waals surface area (Å²) in [6, 6.07) is 1.85. The van der Waals surface area contributed by atoms with E-state index in [-0.39, 0.29) is 12.4 Å². The van der Waals surface area contributed by atoms with Crippen LogP contribution in [0.3, 0.4) is 0 Å². The van der Waals surface area contributed by atoms with Crippen molar-refractivity contribution in [2.45, 2.75) is 44.2 Å². The molecule has 0 radical (unpaired) electrons. The molecule has 1 nitrogen and oxygen atoms in total. The molecule has 4 rings (SSSR count). The molecule has 0 spiro atoms. The SMILES string of the molecule is C1C2CC3CC1CC(C2)N3.Cl. The van der Waals surface area contributed by atoms with E-state index in [1.165, 1.54) is 25.7 Å². The lowest BCUT2D eigenvalue weighted by atomic mass is 9.65. The molecule has 0 atom stereocenters. The third kappa shape index (κ3) is 1.19. The molecule has 2 saturated heterocycles. The number of nitrogens with one attached hydrogen (secondary N) is 1. The molecular weight excluding hydrogens is 158 g/mol. The highest BCUT2D eigenvalue weighted by molar-refractivity contribution is 5.85. The fraction of sp³-hybridized carbons (Fsp3) is 1.00. The molecule has 0 aromatic heterocycles. The average molecular weight is 174 g/mol. The van der Waals surface area contributed by atoms with Crippen LogP contribution in [0.15, 0.2) is 0 Å². The van der Waals surface area contributed by atoms with E-state index in [1.807, 2.05) is 0 Å². The average Bonchev–Trinajstić information content (AvgIpc) is 1.82. The number of hydrogen-bond acceptors (Lipinski definition) is 1. The van der Waals surface area contributed by atoms with Crippen LogP contribution in [0.25, 0.3) is 0 Å². The number of piperidine rings is 2. The van der Waals surface area contributed by atoms with Crippen molar-refractivity contribution in [3.8, 4) is 0 Å². The molecule has 0 amide bonds. The summed E-state index contributed by atoms with van der Waals surface area (Å²) >= 11 is 0. The zero-order valence-corrected chi connectivity index (χ0v) is 7.57. The van der Waals surface area contributed by atoms with Gasteiger partial charge in [-0.2, -0.15) is 0 Å². The Morgan fingerprint density at radius 2 is 1.18 bits per heavy atom. The summed E-state index contributed by atoms with van der Waals surface area (Å²) in [4.78, 5) is 0. The van der Waals surface area contributed by atoms with Crippen molar-refractivity contribution in [2.75, 3.05) is 0 Å². The normalized spacial score (nSPS) is 52.4. The summed E-state index contributed by atoms with van der Waals surface area (Å²) in [6.07, 6.45) is 7.54. The fourth-order valence-electron chi connectivity index (χ4n) is 3.46. The van der Waals surface area contributed by atoms with Crippen LogP contribution in [0.4, 0.5) is 0 Å². The van der Waals surface area contributed by atoms with Gasteiger partial charge in [-0.15, -0.1) is 12.4 Å². The molecule has 4 fully saturated rings. The van der Waals surface area contributed by atoms with Crippen molar-refractivity contribution in [1.29, 1.82) is 0 Å². The van der Waals surface area contributed by atoms with Crippen LogP contribution in [-0.4, -0.2) is 12.1 Å². The molecule has 2 heteroatoms. The van der Waals surface area contributed by atoms with Crippen LogP contribution in [0.5, 0.6) is 0 Å². The molecule has 11 heavy (non-hydrogen) atoms. The smallest absolute Gasteiger partial charge is 0.00749 e. The van der Waals surface area contributed by atoms with Crippen molar-refractivity contribution in [3.63, 3.8) is 0 Å². The second-order valence-corrected chi connectivity index (χ2v) is 4.47. The second-order valence-electron chi connectivity index (χ2n) is 4.47. The van der Waals surface area contributed by atoms with Gasteiger partial charge >= 0.3 is 0 Å². The molecule has 2 aliphatic heterocycles. The molecule has 2 saturated carbocycles. The molecule has 0 aromatic rings. The van der Waals surface area contributed by atoms with E-state index in [9.17, 15) is 0 Å². The van der Waals surface area contributed by atoms with Gasteiger partial charge in [0.15, 0.2) is 0 Å². The van der Waals surface area contributed by atoms with Gasteiger partial charge in [-0.3, -0.25) is 0 Å². The van der Waals surface area contributed by atoms with Gasteiger partial charge in [0.2, 0.25) is 0 Å². The summed E-state index contributed by atoms with van der Waals surface area (Å²) in [6.45, 7) is 0. The Bertz CT molecular complexity index is 101. The van der Waals surface area contributed by atoms with Gasteiger partial charge in [0.25, 0.3) is 0 Å². The second kappa shape index (κ2) is 2.63. The Morgan fingerprint density at radius 1 is 0.727 bits per heavy atom.